The van der Waals surface area contributed by atoms with Gasteiger partial charge < -0.3 is 5.11 Å². The van der Waals surface area contributed by atoms with Gasteiger partial charge in [0.1, 0.15) is 5.82 Å². The van der Waals surface area contributed by atoms with Gasteiger partial charge in [-0.1, -0.05) is 12.1 Å². The molecule has 0 bridgehead atoms. The number of carbonyl (C=O) groups is 1. The second kappa shape index (κ2) is 7.94. The molecule has 150 valence electrons. The molecule has 1 aromatic heterocycles. The molecule has 0 amide bonds. The van der Waals surface area contributed by atoms with Crippen molar-refractivity contribution >= 4 is 16.2 Å². The SMILES string of the molecule is Cc1cc(-c2ccc(C(=O)O)cc2)nc([C@@H]2CCCN(S(=O)(=O)N(C)C)C2)n1. The molecule has 2 heterocycles. The summed E-state index contributed by atoms with van der Waals surface area (Å²) < 4.78 is 27.6. The summed E-state index contributed by atoms with van der Waals surface area (Å²) in [4.78, 5) is 20.3. The number of nitrogens with zero attached hydrogens (tertiary/aromatic N) is 4. The molecular weight excluding hydrogens is 380 g/mol. The number of piperidine rings is 1. The second-order valence-corrected chi connectivity index (χ2v) is 9.26. The summed E-state index contributed by atoms with van der Waals surface area (Å²) in [6, 6.07) is 8.37. The predicted molar refractivity (Wildman–Crippen MR) is 105 cm³/mol. The molecule has 1 saturated heterocycles. The minimum Gasteiger partial charge on any atom is -0.478 e. The van der Waals surface area contributed by atoms with Gasteiger partial charge in [0, 0.05) is 44.4 Å². The first-order valence-corrected chi connectivity index (χ1v) is 10.4. The highest BCUT2D eigenvalue weighted by atomic mass is 32.2. The van der Waals surface area contributed by atoms with Crippen molar-refractivity contribution in [1.29, 1.82) is 0 Å². The van der Waals surface area contributed by atoms with E-state index in [0.29, 0.717) is 24.6 Å². The Morgan fingerprint density at radius 3 is 2.50 bits per heavy atom. The van der Waals surface area contributed by atoms with E-state index < -0.39 is 16.2 Å². The zero-order valence-electron chi connectivity index (χ0n) is 16.2. The molecule has 2 aromatic rings. The summed E-state index contributed by atoms with van der Waals surface area (Å²) in [5.74, 6) is -0.438. The van der Waals surface area contributed by atoms with Crippen molar-refractivity contribution in [1.82, 2.24) is 18.6 Å². The van der Waals surface area contributed by atoms with Gasteiger partial charge in [-0.2, -0.15) is 17.0 Å². The Kier molecular flexibility index (Phi) is 5.78. The van der Waals surface area contributed by atoms with E-state index in [0.717, 1.165) is 24.1 Å². The smallest absolute Gasteiger partial charge is 0.335 e. The van der Waals surface area contributed by atoms with Crippen molar-refractivity contribution in [3.63, 3.8) is 0 Å². The first kappa shape index (κ1) is 20.4. The summed E-state index contributed by atoms with van der Waals surface area (Å²) in [6.45, 7) is 2.71. The van der Waals surface area contributed by atoms with Gasteiger partial charge in [-0.05, 0) is 38.0 Å². The minimum atomic E-state index is -3.47. The fourth-order valence-corrected chi connectivity index (χ4v) is 4.49. The highest BCUT2D eigenvalue weighted by molar-refractivity contribution is 7.86. The van der Waals surface area contributed by atoms with Crippen LogP contribution < -0.4 is 0 Å². The fourth-order valence-electron chi connectivity index (χ4n) is 3.30. The summed E-state index contributed by atoms with van der Waals surface area (Å²) in [7, 11) is -0.413. The molecule has 1 atom stereocenters. The quantitative estimate of drug-likeness (QED) is 0.819. The van der Waals surface area contributed by atoms with Crippen molar-refractivity contribution < 1.29 is 18.3 Å². The summed E-state index contributed by atoms with van der Waals surface area (Å²) in [5.41, 5.74) is 2.50. The van der Waals surface area contributed by atoms with Crippen LogP contribution in [0.5, 0.6) is 0 Å². The van der Waals surface area contributed by atoms with Crippen molar-refractivity contribution in [3.05, 3.63) is 47.4 Å². The molecule has 0 aliphatic carbocycles. The van der Waals surface area contributed by atoms with Crippen molar-refractivity contribution in [2.75, 3.05) is 27.2 Å². The summed E-state index contributed by atoms with van der Waals surface area (Å²) in [5, 5.41) is 9.05. The number of aromatic carboxylic acids is 1. The molecule has 1 N–H and O–H groups in total. The van der Waals surface area contributed by atoms with Crippen LogP contribution in [0.4, 0.5) is 0 Å². The number of aryl methyl sites for hydroxylation is 1. The molecule has 0 saturated carbocycles. The van der Waals surface area contributed by atoms with Gasteiger partial charge in [0.05, 0.1) is 11.3 Å². The second-order valence-electron chi connectivity index (χ2n) is 7.12. The molecule has 9 heteroatoms. The maximum Gasteiger partial charge on any atom is 0.335 e. The Balaban J connectivity index is 1.90. The highest BCUT2D eigenvalue weighted by Crippen LogP contribution is 2.29. The van der Waals surface area contributed by atoms with E-state index in [2.05, 4.69) is 9.97 Å². The minimum absolute atomic E-state index is 0.0829. The standard InChI is InChI=1S/C19H24N4O4S/c1-13-11-17(14-6-8-15(9-7-14)19(24)25)21-18(20-13)16-5-4-10-23(12-16)28(26,27)22(2)3/h6-9,11,16H,4-5,10,12H2,1-3H3,(H,24,25)/t16-/m1/s1. The van der Waals surface area contributed by atoms with Crippen molar-refractivity contribution in [2.24, 2.45) is 0 Å². The number of aromatic nitrogens is 2. The summed E-state index contributed by atoms with van der Waals surface area (Å²) in [6.07, 6.45) is 1.57. The van der Waals surface area contributed by atoms with E-state index in [1.807, 2.05) is 13.0 Å². The zero-order chi connectivity index (χ0) is 20.5. The van der Waals surface area contributed by atoms with Gasteiger partial charge in [-0.15, -0.1) is 0 Å². The lowest BCUT2D eigenvalue weighted by atomic mass is 9.98. The fraction of sp³-hybridized carbons (Fsp3) is 0.421. The van der Waals surface area contributed by atoms with Crippen LogP contribution >= 0.6 is 0 Å². The molecular formula is C19H24N4O4S. The first-order chi connectivity index (χ1) is 13.2. The number of carboxylic acid groups (broad SMARTS) is 1. The van der Waals surface area contributed by atoms with Crippen LogP contribution in [0.3, 0.4) is 0 Å². The van der Waals surface area contributed by atoms with Gasteiger partial charge in [0.2, 0.25) is 0 Å². The molecule has 1 fully saturated rings. The number of hydrogen-bond acceptors (Lipinski definition) is 5. The van der Waals surface area contributed by atoms with E-state index in [1.165, 1.54) is 22.7 Å². The largest absolute Gasteiger partial charge is 0.478 e. The lowest BCUT2D eigenvalue weighted by molar-refractivity contribution is 0.0697. The maximum absolute atomic E-state index is 12.5. The third kappa shape index (κ3) is 4.21. The van der Waals surface area contributed by atoms with Gasteiger partial charge in [-0.3, -0.25) is 0 Å². The predicted octanol–water partition coefficient (Wildman–Crippen LogP) is 2.14. The van der Waals surface area contributed by atoms with Gasteiger partial charge in [0.25, 0.3) is 10.2 Å². The Morgan fingerprint density at radius 2 is 1.89 bits per heavy atom. The van der Waals surface area contributed by atoms with Gasteiger partial charge >= 0.3 is 5.97 Å². The first-order valence-electron chi connectivity index (χ1n) is 9.05. The van der Waals surface area contributed by atoms with E-state index >= 15 is 0 Å². The van der Waals surface area contributed by atoms with E-state index in [9.17, 15) is 13.2 Å². The van der Waals surface area contributed by atoms with Crippen LogP contribution in [-0.4, -0.2) is 65.3 Å². The van der Waals surface area contributed by atoms with E-state index in [-0.39, 0.29) is 11.5 Å². The number of rotatable bonds is 5. The Labute approximate surface area is 165 Å². The maximum atomic E-state index is 12.5. The Hall–Kier alpha value is -2.36. The average molecular weight is 404 g/mol. The third-order valence-electron chi connectivity index (χ3n) is 4.84. The van der Waals surface area contributed by atoms with Crippen molar-refractivity contribution in [2.45, 2.75) is 25.7 Å². The van der Waals surface area contributed by atoms with Crippen LogP contribution in [0.15, 0.2) is 30.3 Å². The molecule has 28 heavy (non-hydrogen) atoms. The lowest BCUT2D eigenvalue weighted by Gasteiger charge is -2.33. The van der Waals surface area contributed by atoms with E-state index in [4.69, 9.17) is 5.11 Å². The van der Waals surface area contributed by atoms with Crippen LogP contribution in [-0.2, 0) is 10.2 Å². The monoisotopic (exact) mass is 404 g/mol. The molecule has 1 aliphatic rings. The topological polar surface area (TPSA) is 104 Å². The third-order valence-corrected chi connectivity index (χ3v) is 6.74. The average Bonchev–Trinajstić information content (AvgIpc) is 2.67. The molecule has 8 nitrogen and oxygen atoms in total. The molecule has 0 radical (unpaired) electrons. The Bertz CT molecular complexity index is 974. The van der Waals surface area contributed by atoms with E-state index in [1.54, 1.807) is 24.3 Å². The molecule has 3 rings (SSSR count). The molecule has 0 spiro atoms. The molecule has 1 aromatic carbocycles. The molecule has 1 aliphatic heterocycles. The van der Waals surface area contributed by atoms with Crippen LogP contribution in [0.1, 0.15) is 40.6 Å². The lowest BCUT2D eigenvalue weighted by Crippen LogP contribution is -2.45. The van der Waals surface area contributed by atoms with Gasteiger partial charge in [0.15, 0.2) is 0 Å². The number of benzene rings is 1. The number of hydrogen-bond donors (Lipinski definition) is 1. The highest BCUT2D eigenvalue weighted by Gasteiger charge is 2.32. The van der Waals surface area contributed by atoms with Crippen molar-refractivity contribution in [3.8, 4) is 11.3 Å². The molecule has 0 unspecified atom stereocenters. The Morgan fingerprint density at radius 1 is 1.21 bits per heavy atom. The van der Waals surface area contributed by atoms with Crippen LogP contribution in [0.2, 0.25) is 0 Å². The van der Waals surface area contributed by atoms with Crippen LogP contribution in [0, 0.1) is 6.92 Å². The van der Waals surface area contributed by atoms with Crippen LogP contribution in [0.25, 0.3) is 11.3 Å². The van der Waals surface area contributed by atoms with Gasteiger partial charge in [-0.25, -0.2) is 14.8 Å². The summed E-state index contributed by atoms with van der Waals surface area (Å²) >= 11 is 0. The zero-order valence-corrected chi connectivity index (χ0v) is 17.0. The number of carboxylic acids is 1. The normalized spacial score (nSPS) is 18.4.